The van der Waals surface area contributed by atoms with Gasteiger partial charge in [-0.05, 0) is 79.1 Å². The van der Waals surface area contributed by atoms with Crippen molar-refractivity contribution in [2.24, 2.45) is 0 Å². The van der Waals surface area contributed by atoms with Gasteiger partial charge in [0.15, 0.2) is 6.23 Å². The van der Waals surface area contributed by atoms with Crippen molar-refractivity contribution >= 4 is 33.4 Å². The summed E-state index contributed by atoms with van der Waals surface area (Å²) in [7, 11) is 0. The number of nitrogens with zero attached hydrogens (tertiary/aromatic N) is 3. The molecule has 7 nitrogen and oxygen atoms in total. The molecule has 9 heteroatoms. The first-order chi connectivity index (χ1) is 18.4. The molecule has 0 radical (unpaired) electrons. The number of anilines is 1. The Morgan fingerprint density at radius 2 is 1.84 bits per heavy atom. The molecule has 0 saturated carbocycles. The highest BCUT2D eigenvalue weighted by molar-refractivity contribution is 9.10. The molecule has 2 aliphatic heterocycles. The number of rotatable bonds is 6. The van der Waals surface area contributed by atoms with Crippen molar-refractivity contribution in [3.05, 3.63) is 99.9 Å². The van der Waals surface area contributed by atoms with Crippen LogP contribution in [0.5, 0.6) is 0 Å². The number of amides is 2. The third-order valence-electron chi connectivity index (χ3n) is 6.90. The molecule has 4 aromatic rings. The number of carbonyl (C=O) groups is 2. The molecule has 0 unspecified atom stereocenters. The van der Waals surface area contributed by atoms with Gasteiger partial charge >= 0.3 is 0 Å². The van der Waals surface area contributed by atoms with E-state index >= 15 is 0 Å². The van der Waals surface area contributed by atoms with Crippen molar-refractivity contribution < 1.29 is 18.7 Å². The van der Waals surface area contributed by atoms with Crippen LogP contribution in [-0.4, -0.2) is 39.1 Å². The van der Waals surface area contributed by atoms with Crippen LogP contribution >= 0.6 is 15.9 Å². The van der Waals surface area contributed by atoms with E-state index in [9.17, 15) is 14.0 Å². The van der Waals surface area contributed by atoms with Gasteiger partial charge in [-0.3, -0.25) is 9.59 Å². The molecule has 6 rings (SSSR count). The molecule has 1 aromatic heterocycles. The second-order valence-electron chi connectivity index (χ2n) is 9.49. The molecular weight excluding hydrogens is 551 g/mol. The number of aromatic nitrogens is 2. The van der Waals surface area contributed by atoms with Gasteiger partial charge in [-0.1, -0.05) is 28.1 Å². The number of fused-ring (bicyclic) bond motifs is 1. The Kier molecular flexibility index (Phi) is 6.33. The van der Waals surface area contributed by atoms with E-state index in [1.165, 1.54) is 12.1 Å². The molecule has 3 aromatic carbocycles. The summed E-state index contributed by atoms with van der Waals surface area (Å²) >= 11 is 3.46. The highest BCUT2D eigenvalue weighted by atomic mass is 79.9. The van der Waals surface area contributed by atoms with E-state index in [-0.39, 0.29) is 17.6 Å². The van der Waals surface area contributed by atoms with Crippen molar-refractivity contribution in [1.82, 2.24) is 14.7 Å². The van der Waals surface area contributed by atoms with E-state index in [2.05, 4.69) is 21.2 Å². The van der Waals surface area contributed by atoms with Gasteiger partial charge in [-0.2, -0.15) is 5.10 Å². The summed E-state index contributed by atoms with van der Waals surface area (Å²) in [6.07, 6.45) is 1.58. The highest BCUT2D eigenvalue weighted by Gasteiger charge is 2.40. The zero-order valence-electron chi connectivity index (χ0n) is 20.5. The topological polar surface area (TPSA) is 76.5 Å². The predicted octanol–water partition coefficient (Wildman–Crippen LogP) is 5.42. The average molecular weight is 575 g/mol. The summed E-state index contributed by atoms with van der Waals surface area (Å²) in [6, 6.07) is 19.8. The fraction of sp³-hybridized carbons (Fsp3) is 0.207. The first-order valence-electron chi connectivity index (χ1n) is 12.3. The van der Waals surface area contributed by atoms with E-state index in [0.29, 0.717) is 25.1 Å². The lowest BCUT2D eigenvalue weighted by molar-refractivity contribution is -0.130. The summed E-state index contributed by atoms with van der Waals surface area (Å²) in [5.41, 5.74) is 5.76. The molecule has 0 spiro atoms. The summed E-state index contributed by atoms with van der Waals surface area (Å²) in [5.74, 6) is -0.448. The molecule has 3 heterocycles. The van der Waals surface area contributed by atoms with Crippen LogP contribution in [-0.2, 0) is 27.2 Å². The molecule has 1 N–H and O–H groups in total. The van der Waals surface area contributed by atoms with Crippen LogP contribution in [0.25, 0.3) is 16.9 Å². The fourth-order valence-electron chi connectivity index (χ4n) is 4.96. The van der Waals surface area contributed by atoms with Crippen molar-refractivity contribution in [3.8, 4) is 16.9 Å². The lowest BCUT2D eigenvalue weighted by Crippen LogP contribution is -2.32. The van der Waals surface area contributed by atoms with Crippen LogP contribution in [0.1, 0.15) is 29.8 Å². The Labute approximate surface area is 227 Å². The standard InChI is InChI=1S/C29H24BrFN4O3/c1-17-28(37)34(13-12-18-2-11-25-20(14-18)15-26(36)32-25)29(38-17)24-16-35(23-9-5-21(30)6-10-23)33-27(24)19-3-7-22(31)8-4-19/h2-11,14,16-17,29H,12-13,15H2,1H3,(H,32,36)/t17-,29-/m1/s1. The van der Waals surface area contributed by atoms with E-state index in [0.717, 1.165) is 38.1 Å². The Hall–Kier alpha value is -3.82. The second kappa shape index (κ2) is 9.81. The average Bonchev–Trinajstić information content (AvgIpc) is 3.58. The van der Waals surface area contributed by atoms with Crippen molar-refractivity contribution in [2.75, 3.05) is 11.9 Å². The van der Waals surface area contributed by atoms with E-state index in [1.807, 2.05) is 48.7 Å². The third kappa shape index (κ3) is 4.63. The first kappa shape index (κ1) is 24.5. The normalized spacial score (nSPS) is 18.7. The minimum atomic E-state index is -0.653. The molecule has 2 atom stereocenters. The third-order valence-corrected chi connectivity index (χ3v) is 7.43. The number of carbonyl (C=O) groups excluding carboxylic acids is 2. The minimum Gasteiger partial charge on any atom is -0.341 e. The van der Waals surface area contributed by atoms with Crippen LogP contribution in [0, 0.1) is 5.82 Å². The lowest BCUT2D eigenvalue weighted by atomic mass is 10.0. The minimum absolute atomic E-state index is 0.00901. The maximum Gasteiger partial charge on any atom is 0.253 e. The van der Waals surface area contributed by atoms with Crippen molar-refractivity contribution in [1.29, 1.82) is 0 Å². The van der Waals surface area contributed by atoms with Gasteiger partial charge in [0.05, 0.1) is 12.1 Å². The summed E-state index contributed by atoms with van der Waals surface area (Å²) in [6.45, 7) is 2.18. The number of ether oxygens (including phenoxy) is 1. The molecule has 2 aliphatic rings. The number of benzene rings is 3. The molecule has 1 fully saturated rings. The first-order valence-corrected chi connectivity index (χ1v) is 13.1. The number of hydrogen-bond acceptors (Lipinski definition) is 4. The Balaban J connectivity index is 1.34. The van der Waals surface area contributed by atoms with Gasteiger partial charge in [0, 0.05) is 34.0 Å². The molecule has 1 saturated heterocycles. The quantitative estimate of drug-likeness (QED) is 0.333. The predicted molar refractivity (Wildman–Crippen MR) is 144 cm³/mol. The van der Waals surface area contributed by atoms with Gasteiger partial charge in [0.25, 0.3) is 5.91 Å². The lowest BCUT2D eigenvalue weighted by Gasteiger charge is -2.23. The van der Waals surface area contributed by atoms with E-state index in [4.69, 9.17) is 9.84 Å². The number of hydrogen-bond donors (Lipinski definition) is 1. The second-order valence-corrected chi connectivity index (χ2v) is 10.4. The Bertz CT molecular complexity index is 1530. The molecule has 38 heavy (non-hydrogen) atoms. The van der Waals surface area contributed by atoms with Gasteiger partial charge in [0.2, 0.25) is 5.91 Å². The number of nitrogens with one attached hydrogen (secondary N) is 1. The maximum atomic E-state index is 13.7. The molecule has 0 bridgehead atoms. The van der Waals surface area contributed by atoms with Crippen molar-refractivity contribution in [3.63, 3.8) is 0 Å². The van der Waals surface area contributed by atoms with Crippen molar-refractivity contribution in [2.45, 2.75) is 32.1 Å². The SMILES string of the molecule is C[C@H]1O[C@H](c2cn(-c3ccc(Br)cc3)nc2-c2ccc(F)cc2)N(CCc2ccc3c(c2)CC(=O)N3)C1=O. The van der Waals surface area contributed by atoms with E-state index in [1.54, 1.807) is 28.6 Å². The molecule has 192 valence electrons. The van der Waals surface area contributed by atoms with Gasteiger partial charge in [-0.15, -0.1) is 0 Å². The Morgan fingerprint density at radius 3 is 2.61 bits per heavy atom. The molecule has 0 aliphatic carbocycles. The maximum absolute atomic E-state index is 13.7. The van der Waals surface area contributed by atoms with Gasteiger partial charge < -0.3 is 15.0 Å². The molecule has 2 amide bonds. The van der Waals surface area contributed by atoms with Crippen LogP contribution in [0.15, 0.2) is 77.4 Å². The Morgan fingerprint density at radius 1 is 1.08 bits per heavy atom. The highest BCUT2D eigenvalue weighted by Crippen LogP contribution is 2.37. The van der Waals surface area contributed by atoms with Crippen LogP contribution in [0.2, 0.25) is 0 Å². The summed E-state index contributed by atoms with van der Waals surface area (Å²) < 4.78 is 22.6. The zero-order chi connectivity index (χ0) is 26.4. The van der Waals surface area contributed by atoms with Crippen LogP contribution in [0.4, 0.5) is 10.1 Å². The largest absolute Gasteiger partial charge is 0.341 e. The fourth-order valence-corrected chi connectivity index (χ4v) is 5.22. The van der Waals surface area contributed by atoms with E-state index < -0.39 is 12.3 Å². The van der Waals surface area contributed by atoms with Crippen LogP contribution in [0.3, 0.4) is 0 Å². The zero-order valence-corrected chi connectivity index (χ0v) is 22.1. The monoisotopic (exact) mass is 574 g/mol. The smallest absolute Gasteiger partial charge is 0.253 e. The van der Waals surface area contributed by atoms with Gasteiger partial charge in [-0.25, -0.2) is 9.07 Å². The number of halogens is 2. The molecular formula is C29H24BrFN4O3. The van der Waals surface area contributed by atoms with Crippen LogP contribution < -0.4 is 5.32 Å². The summed E-state index contributed by atoms with van der Waals surface area (Å²) in [5, 5.41) is 7.67. The van der Waals surface area contributed by atoms with Gasteiger partial charge in [0.1, 0.15) is 17.6 Å². The summed E-state index contributed by atoms with van der Waals surface area (Å²) in [4.78, 5) is 26.7.